The lowest BCUT2D eigenvalue weighted by molar-refractivity contribution is -0.114. The SMILES string of the molecule is C=CC(=O)CCCNC(=O)c1ncn2c(=O)n(C)nnc12. The van der Waals surface area contributed by atoms with Crippen LogP contribution in [0.1, 0.15) is 23.3 Å². The van der Waals surface area contributed by atoms with Crippen molar-refractivity contribution in [1.29, 1.82) is 0 Å². The van der Waals surface area contributed by atoms with Gasteiger partial charge in [0.1, 0.15) is 6.33 Å². The number of fused-ring (bicyclic) bond motifs is 1. The summed E-state index contributed by atoms with van der Waals surface area (Å²) < 4.78 is 2.18. The lowest BCUT2D eigenvalue weighted by Crippen LogP contribution is -2.29. The quantitative estimate of drug-likeness (QED) is 0.544. The van der Waals surface area contributed by atoms with Crippen LogP contribution in [0, 0.1) is 0 Å². The molecule has 9 heteroatoms. The highest BCUT2D eigenvalue weighted by Crippen LogP contribution is 2.02. The average Bonchev–Trinajstić information content (AvgIpc) is 2.91. The first kappa shape index (κ1) is 14.6. The van der Waals surface area contributed by atoms with E-state index in [9.17, 15) is 14.4 Å². The highest BCUT2D eigenvalue weighted by Gasteiger charge is 2.16. The largest absolute Gasteiger partial charge is 0.352 e. The summed E-state index contributed by atoms with van der Waals surface area (Å²) in [5.41, 5.74) is -0.323. The zero-order valence-corrected chi connectivity index (χ0v) is 11.4. The van der Waals surface area contributed by atoms with Crippen LogP contribution in [0.5, 0.6) is 0 Å². The number of ketones is 1. The van der Waals surface area contributed by atoms with Crippen LogP contribution in [0.2, 0.25) is 0 Å². The molecule has 0 spiro atoms. The Hall–Kier alpha value is -2.84. The third-order valence-electron chi connectivity index (χ3n) is 2.83. The lowest BCUT2D eigenvalue weighted by atomic mass is 10.2. The van der Waals surface area contributed by atoms with Gasteiger partial charge in [-0.1, -0.05) is 11.8 Å². The number of hydrogen-bond acceptors (Lipinski definition) is 6. The molecule has 9 nitrogen and oxygen atoms in total. The third-order valence-corrected chi connectivity index (χ3v) is 2.83. The number of carbonyl (C=O) groups excluding carboxylic acids is 2. The Morgan fingerprint density at radius 2 is 2.24 bits per heavy atom. The Labute approximate surface area is 119 Å². The standard InChI is InChI=1S/C12H14N6O3/c1-3-8(19)5-4-6-13-11(20)9-10-15-16-17(2)12(21)18(10)7-14-9/h3,7H,1,4-6H2,2H3,(H,13,20). The van der Waals surface area contributed by atoms with Gasteiger partial charge in [-0.25, -0.2) is 14.2 Å². The number of nitrogens with zero attached hydrogens (tertiary/aromatic N) is 5. The van der Waals surface area contributed by atoms with Crippen molar-refractivity contribution < 1.29 is 9.59 Å². The molecule has 0 saturated heterocycles. The monoisotopic (exact) mass is 290 g/mol. The maximum Gasteiger partial charge on any atom is 0.352 e. The fourth-order valence-electron chi connectivity index (χ4n) is 1.69. The highest BCUT2D eigenvalue weighted by molar-refractivity contribution is 5.97. The van der Waals surface area contributed by atoms with E-state index >= 15 is 0 Å². The summed E-state index contributed by atoms with van der Waals surface area (Å²) in [7, 11) is 1.45. The summed E-state index contributed by atoms with van der Waals surface area (Å²) >= 11 is 0. The molecule has 1 amide bonds. The zero-order chi connectivity index (χ0) is 15.4. The minimum Gasteiger partial charge on any atom is -0.351 e. The Morgan fingerprint density at radius 1 is 1.48 bits per heavy atom. The average molecular weight is 290 g/mol. The molecule has 0 atom stereocenters. The molecule has 0 aromatic carbocycles. The topological polar surface area (TPSA) is 111 Å². The summed E-state index contributed by atoms with van der Waals surface area (Å²) in [6.07, 6.45) is 3.28. The number of allylic oxidation sites excluding steroid dienone is 1. The first-order valence-electron chi connectivity index (χ1n) is 6.25. The van der Waals surface area contributed by atoms with Crippen molar-refractivity contribution in [2.24, 2.45) is 7.05 Å². The van der Waals surface area contributed by atoms with E-state index in [1.165, 1.54) is 19.5 Å². The van der Waals surface area contributed by atoms with Crippen molar-refractivity contribution in [3.63, 3.8) is 0 Å². The number of nitrogens with one attached hydrogen (secondary N) is 1. The highest BCUT2D eigenvalue weighted by atomic mass is 16.2. The summed E-state index contributed by atoms with van der Waals surface area (Å²) in [5.74, 6) is -0.544. The second kappa shape index (κ2) is 6.07. The summed E-state index contributed by atoms with van der Waals surface area (Å²) in [6.45, 7) is 3.68. The first-order chi connectivity index (χ1) is 10.0. The van der Waals surface area contributed by atoms with Gasteiger partial charge in [-0.15, -0.1) is 5.10 Å². The van der Waals surface area contributed by atoms with Crippen LogP contribution in [-0.2, 0) is 11.8 Å². The van der Waals surface area contributed by atoms with Crippen molar-refractivity contribution >= 4 is 17.3 Å². The molecule has 0 fully saturated rings. The van der Waals surface area contributed by atoms with Crippen molar-refractivity contribution in [2.45, 2.75) is 12.8 Å². The number of aryl methyl sites for hydroxylation is 1. The number of imidazole rings is 1. The van der Waals surface area contributed by atoms with Gasteiger partial charge >= 0.3 is 5.69 Å². The maximum atomic E-state index is 12.0. The number of amides is 1. The van der Waals surface area contributed by atoms with Crippen LogP contribution in [0.4, 0.5) is 0 Å². The molecule has 1 N–H and O–H groups in total. The molecule has 2 aromatic rings. The smallest absolute Gasteiger partial charge is 0.351 e. The van der Waals surface area contributed by atoms with Crippen LogP contribution >= 0.6 is 0 Å². The normalized spacial score (nSPS) is 10.5. The predicted molar refractivity (Wildman–Crippen MR) is 72.8 cm³/mol. The molecule has 0 unspecified atom stereocenters. The van der Waals surface area contributed by atoms with Crippen molar-refractivity contribution in [3.05, 3.63) is 35.2 Å². The number of rotatable bonds is 6. The molecular weight excluding hydrogens is 276 g/mol. The molecule has 2 rings (SSSR count). The van der Waals surface area contributed by atoms with Gasteiger partial charge in [0.05, 0.1) is 0 Å². The molecule has 0 aliphatic carbocycles. The molecule has 2 heterocycles. The van der Waals surface area contributed by atoms with E-state index in [-0.39, 0.29) is 17.1 Å². The zero-order valence-electron chi connectivity index (χ0n) is 11.4. The Morgan fingerprint density at radius 3 is 2.95 bits per heavy atom. The Kier molecular flexibility index (Phi) is 4.21. The molecule has 21 heavy (non-hydrogen) atoms. The van der Waals surface area contributed by atoms with Gasteiger partial charge in [0.25, 0.3) is 5.91 Å². The van der Waals surface area contributed by atoms with Crippen molar-refractivity contribution in [1.82, 2.24) is 29.7 Å². The van der Waals surface area contributed by atoms with E-state index in [1.54, 1.807) is 0 Å². The number of hydrogen-bond donors (Lipinski definition) is 1. The molecule has 0 bridgehead atoms. The van der Waals surface area contributed by atoms with E-state index in [1.807, 2.05) is 0 Å². The summed E-state index contributed by atoms with van der Waals surface area (Å²) in [6, 6.07) is 0. The van der Waals surface area contributed by atoms with Crippen molar-refractivity contribution in [3.8, 4) is 0 Å². The molecule has 0 saturated carbocycles. The van der Waals surface area contributed by atoms with Gasteiger partial charge in [0, 0.05) is 20.0 Å². The Bertz CT molecular complexity index is 760. The minimum atomic E-state index is -0.467. The summed E-state index contributed by atoms with van der Waals surface area (Å²) in [5, 5.41) is 10.0. The third kappa shape index (κ3) is 3.02. The first-order valence-corrected chi connectivity index (χ1v) is 6.25. The predicted octanol–water partition coefficient (Wildman–Crippen LogP) is -0.912. The lowest BCUT2D eigenvalue weighted by Gasteiger charge is -2.02. The van der Waals surface area contributed by atoms with E-state index < -0.39 is 11.6 Å². The molecule has 0 radical (unpaired) electrons. The van der Waals surface area contributed by atoms with Gasteiger partial charge in [-0.05, 0) is 12.5 Å². The molecule has 0 aliphatic rings. The van der Waals surface area contributed by atoms with Crippen LogP contribution < -0.4 is 11.0 Å². The van der Waals surface area contributed by atoms with Gasteiger partial charge < -0.3 is 5.32 Å². The van der Waals surface area contributed by atoms with Crippen LogP contribution in [0.25, 0.3) is 5.65 Å². The van der Waals surface area contributed by atoms with E-state index in [2.05, 4.69) is 27.2 Å². The molecule has 0 aliphatic heterocycles. The second-order valence-electron chi connectivity index (χ2n) is 4.31. The van der Waals surface area contributed by atoms with E-state index in [0.717, 1.165) is 9.08 Å². The molecule has 2 aromatic heterocycles. The van der Waals surface area contributed by atoms with Gasteiger partial charge in [0.2, 0.25) is 0 Å². The second-order valence-corrected chi connectivity index (χ2v) is 4.31. The fourth-order valence-corrected chi connectivity index (χ4v) is 1.69. The van der Waals surface area contributed by atoms with Gasteiger partial charge in [-0.2, -0.15) is 4.68 Å². The number of aromatic nitrogens is 5. The van der Waals surface area contributed by atoms with E-state index in [0.29, 0.717) is 19.4 Å². The van der Waals surface area contributed by atoms with Crippen LogP contribution in [0.3, 0.4) is 0 Å². The van der Waals surface area contributed by atoms with Crippen LogP contribution in [-0.4, -0.2) is 42.6 Å². The number of carbonyl (C=O) groups is 2. The van der Waals surface area contributed by atoms with Crippen LogP contribution in [0.15, 0.2) is 23.8 Å². The summed E-state index contributed by atoms with van der Waals surface area (Å²) in [4.78, 5) is 38.6. The van der Waals surface area contributed by atoms with Crippen molar-refractivity contribution in [2.75, 3.05) is 6.54 Å². The molecular formula is C12H14N6O3. The maximum absolute atomic E-state index is 12.0. The molecule has 110 valence electrons. The fraction of sp³-hybridized carbons (Fsp3) is 0.333. The van der Waals surface area contributed by atoms with Gasteiger partial charge in [0.15, 0.2) is 17.1 Å². The Balaban J connectivity index is 2.07. The minimum absolute atomic E-state index is 0.0234. The van der Waals surface area contributed by atoms with Gasteiger partial charge in [-0.3, -0.25) is 9.59 Å². The van der Waals surface area contributed by atoms with E-state index in [4.69, 9.17) is 0 Å².